The van der Waals surface area contributed by atoms with E-state index in [4.69, 9.17) is 5.73 Å². The van der Waals surface area contributed by atoms with Crippen LogP contribution in [0.25, 0.3) is 22.0 Å². The molecule has 1 fully saturated rings. The van der Waals surface area contributed by atoms with Gasteiger partial charge in [-0.25, -0.2) is 12.7 Å². The Morgan fingerprint density at radius 2 is 1.92 bits per heavy atom. The number of carbonyl (C=O) groups is 1. The summed E-state index contributed by atoms with van der Waals surface area (Å²) in [6, 6.07) is 6.26. The molecule has 1 aliphatic heterocycles. The number of thiophene rings is 1. The first-order chi connectivity index (χ1) is 17.2. The van der Waals surface area contributed by atoms with Gasteiger partial charge in [0.25, 0.3) is 5.91 Å². The van der Waals surface area contributed by atoms with Crippen molar-refractivity contribution in [3.63, 3.8) is 0 Å². The number of aromatic amines is 1. The molecule has 0 unspecified atom stereocenters. The molecule has 9 heteroatoms. The lowest BCUT2D eigenvalue weighted by Gasteiger charge is -2.31. The van der Waals surface area contributed by atoms with Crippen molar-refractivity contribution >= 4 is 38.2 Å². The fraction of sp³-hybridized carbons (Fsp3) is 0.519. The van der Waals surface area contributed by atoms with Crippen molar-refractivity contribution in [3.05, 3.63) is 45.8 Å². The van der Waals surface area contributed by atoms with Crippen molar-refractivity contribution in [3.8, 4) is 11.1 Å². The first-order valence-corrected chi connectivity index (χ1v) is 15.4. The summed E-state index contributed by atoms with van der Waals surface area (Å²) in [5, 5.41) is 3.16. The number of piperidine rings is 1. The highest BCUT2D eigenvalue weighted by Gasteiger charge is 2.29. The van der Waals surface area contributed by atoms with Gasteiger partial charge in [-0.3, -0.25) is 4.79 Å². The van der Waals surface area contributed by atoms with E-state index in [1.807, 2.05) is 12.3 Å². The molecule has 2 aromatic heterocycles. The maximum atomic E-state index is 12.4. The van der Waals surface area contributed by atoms with Crippen molar-refractivity contribution in [2.45, 2.75) is 58.4 Å². The van der Waals surface area contributed by atoms with E-state index in [2.05, 4.69) is 41.4 Å². The number of nitrogens with one attached hydrogen (secondary N) is 1. The number of nitrogens with zero attached hydrogens (tertiary/aromatic N) is 2. The minimum Gasteiger partial charge on any atom is -0.366 e. The van der Waals surface area contributed by atoms with Crippen molar-refractivity contribution in [1.82, 2.24) is 14.2 Å². The molecule has 1 aromatic carbocycles. The van der Waals surface area contributed by atoms with E-state index in [1.54, 1.807) is 22.6 Å². The fourth-order valence-electron chi connectivity index (χ4n) is 5.17. The van der Waals surface area contributed by atoms with E-state index < -0.39 is 15.9 Å². The van der Waals surface area contributed by atoms with Crippen LogP contribution >= 0.6 is 11.3 Å². The summed E-state index contributed by atoms with van der Waals surface area (Å²) in [4.78, 5) is 19.3. The molecule has 7 nitrogen and oxygen atoms in total. The SMILES string of the molecule is CCCCCN(C)Cc1cc(-c2cc(C(N)=O)c3[nH]cc(C4CCN(S(=O)(=O)CC)CC4)c3c2)cs1. The normalized spacial score (nSPS) is 15.8. The van der Waals surface area contributed by atoms with Gasteiger partial charge in [0, 0.05) is 36.1 Å². The van der Waals surface area contributed by atoms with Gasteiger partial charge < -0.3 is 15.6 Å². The van der Waals surface area contributed by atoms with E-state index in [9.17, 15) is 13.2 Å². The molecule has 0 saturated carbocycles. The molecule has 0 radical (unpaired) electrons. The van der Waals surface area contributed by atoms with Crippen molar-refractivity contribution < 1.29 is 13.2 Å². The predicted octanol–water partition coefficient (Wildman–Crippen LogP) is 5.15. The van der Waals surface area contributed by atoms with E-state index in [1.165, 1.54) is 24.1 Å². The molecule has 1 saturated heterocycles. The summed E-state index contributed by atoms with van der Waals surface area (Å²) < 4.78 is 26.2. The second-order valence-corrected chi connectivity index (χ2v) is 13.1. The van der Waals surface area contributed by atoms with Crippen LogP contribution in [-0.4, -0.2) is 60.9 Å². The highest BCUT2D eigenvalue weighted by atomic mass is 32.2. The quantitative estimate of drug-likeness (QED) is 0.335. The fourth-order valence-corrected chi connectivity index (χ4v) is 7.28. The molecule has 36 heavy (non-hydrogen) atoms. The average molecular weight is 531 g/mol. The van der Waals surface area contributed by atoms with Gasteiger partial charge in [0.2, 0.25) is 10.0 Å². The second kappa shape index (κ2) is 11.5. The molecule has 0 atom stereocenters. The van der Waals surface area contributed by atoms with Gasteiger partial charge >= 0.3 is 0 Å². The number of benzene rings is 1. The number of rotatable bonds is 11. The molecule has 0 aliphatic carbocycles. The van der Waals surface area contributed by atoms with Gasteiger partial charge in [0.1, 0.15) is 0 Å². The number of sulfonamides is 1. The number of nitrogens with two attached hydrogens (primary N) is 1. The zero-order chi connectivity index (χ0) is 25.9. The second-order valence-electron chi connectivity index (χ2n) is 9.88. The summed E-state index contributed by atoms with van der Waals surface area (Å²) in [5.74, 6) is -0.0918. The van der Waals surface area contributed by atoms with Gasteiger partial charge in [-0.05, 0) is 86.0 Å². The van der Waals surface area contributed by atoms with Crippen molar-refractivity contribution in [2.24, 2.45) is 5.73 Å². The number of aromatic nitrogens is 1. The molecule has 1 aliphatic rings. The first kappa shape index (κ1) is 26.9. The number of unbranched alkanes of at least 4 members (excludes halogenated alkanes) is 2. The topological polar surface area (TPSA) is 99.5 Å². The van der Waals surface area contributed by atoms with E-state index in [0.717, 1.165) is 53.5 Å². The Bertz CT molecular complexity index is 1300. The van der Waals surface area contributed by atoms with Crippen LogP contribution in [0.4, 0.5) is 0 Å². The molecule has 3 heterocycles. The number of primary amides is 1. The maximum absolute atomic E-state index is 12.4. The molecule has 0 bridgehead atoms. The standard InChI is InChI=1S/C27H38N4O3S2/c1-4-6-7-10-30(3)17-22-13-21(18-35-22)20-14-23-25(16-29-26(23)24(15-20)27(28)32)19-8-11-31(12-9-19)36(33,34)5-2/h13-16,18-19,29H,4-12,17H2,1-3H3,(H2,28,32). The van der Waals surface area contributed by atoms with E-state index >= 15 is 0 Å². The predicted molar refractivity (Wildman–Crippen MR) is 149 cm³/mol. The minimum absolute atomic E-state index is 0.132. The van der Waals surface area contributed by atoms with Crippen LogP contribution in [-0.2, 0) is 16.6 Å². The third-order valence-corrected chi connectivity index (χ3v) is 10.1. The first-order valence-electron chi connectivity index (χ1n) is 12.9. The van der Waals surface area contributed by atoms with Gasteiger partial charge in [0.15, 0.2) is 0 Å². The van der Waals surface area contributed by atoms with Crippen LogP contribution in [0.1, 0.15) is 72.7 Å². The number of hydrogen-bond donors (Lipinski definition) is 2. The van der Waals surface area contributed by atoms with Crippen molar-refractivity contribution in [2.75, 3.05) is 32.4 Å². The smallest absolute Gasteiger partial charge is 0.250 e. The highest BCUT2D eigenvalue weighted by Crippen LogP contribution is 2.38. The Morgan fingerprint density at radius 1 is 1.17 bits per heavy atom. The Hall–Kier alpha value is -2.20. The largest absolute Gasteiger partial charge is 0.366 e. The molecule has 0 spiro atoms. The number of fused-ring (bicyclic) bond motifs is 1. The van der Waals surface area contributed by atoms with Gasteiger partial charge in [-0.1, -0.05) is 19.8 Å². The summed E-state index contributed by atoms with van der Waals surface area (Å²) in [7, 11) is -1.01. The third-order valence-electron chi connectivity index (χ3n) is 7.30. The van der Waals surface area contributed by atoms with Crippen LogP contribution in [0.5, 0.6) is 0 Å². The van der Waals surface area contributed by atoms with Crippen LogP contribution in [0.3, 0.4) is 0 Å². The number of carbonyl (C=O) groups excluding carboxylic acids is 1. The Morgan fingerprint density at radius 3 is 2.58 bits per heavy atom. The van der Waals surface area contributed by atoms with Crippen LogP contribution < -0.4 is 5.73 Å². The highest BCUT2D eigenvalue weighted by molar-refractivity contribution is 7.89. The molecule has 3 N–H and O–H groups in total. The van der Waals surface area contributed by atoms with Gasteiger partial charge in [-0.2, -0.15) is 0 Å². The molecular weight excluding hydrogens is 492 g/mol. The summed E-state index contributed by atoms with van der Waals surface area (Å²) >= 11 is 1.74. The summed E-state index contributed by atoms with van der Waals surface area (Å²) in [6.45, 7) is 6.95. The minimum atomic E-state index is -3.17. The molecule has 4 rings (SSSR count). The van der Waals surface area contributed by atoms with Gasteiger partial charge in [0.05, 0.1) is 16.8 Å². The Kier molecular flexibility index (Phi) is 8.55. The van der Waals surface area contributed by atoms with Crippen LogP contribution in [0.2, 0.25) is 0 Å². The number of hydrogen-bond acceptors (Lipinski definition) is 5. The lowest BCUT2D eigenvalue weighted by atomic mass is 9.88. The van der Waals surface area contributed by atoms with Gasteiger partial charge in [-0.15, -0.1) is 11.3 Å². The lowest BCUT2D eigenvalue weighted by molar-refractivity contribution is 0.100. The molecule has 1 amide bonds. The Labute approximate surface area is 218 Å². The average Bonchev–Trinajstić information content (AvgIpc) is 3.50. The Balaban J connectivity index is 1.59. The number of amides is 1. The zero-order valence-electron chi connectivity index (χ0n) is 21.5. The monoisotopic (exact) mass is 530 g/mol. The maximum Gasteiger partial charge on any atom is 0.250 e. The van der Waals surface area contributed by atoms with Crippen LogP contribution in [0.15, 0.2) is 29.8 Å². The van der Waals surface area contributed by atoms with E-state index in [-0.39, 0.29) is 11.7 Å². The summed E-state index contributed by atoms with van der Waals surface area (Å²) in [5.41, 5.74) is 10.3. The number of H-pyrrole nitrogens is 1. The molecular formula is C27H38N4O3S2. The molecule has 196 valence electrons. The summed E-state index contributed by atoms with van der Waals surface area (Å²) in [6.07, 6.45) is 7.18. The van der Waals surface area contributed by atoms with E-state index in [0.29, 0.717) is 18.7 Å². The molecule has 3 aromatic rings. The van der Waals surface area contributed by atoms with Crippen LogP contribution in [0, 0.1) is 0 Å². The zero-order valence-corrected chi connectivity index (χ0v) is 23.2. The van der Waals surface area contributed by atoms with Crippen molar-refractivity contribution in [1.29, 1.82) is 0 Å². The lowest BCUT2D eigenvalue weighted by Crippen LogP contribution is -2.38. The third kappa shape index (κ3) is 5.85.